The Bertz CT molecular complexity index is 679. The molecule has 1 aliphatic heterocycles. The molecule has 3 N–H and O–H groups in total. The molecular weight excluding hydrogens is 369 g/mol. The normalized spacial score (nSPS) is 17.5. The minimum atomic E-state index is -0.613. The Kier molecular flexibility index (Phi) is 8.93. The first-order valence-electron chi connectivity index (χ1n) is 8.56. The largest absolute Gasteiger partial charge is 0.369 e. The highest BCUT2D eigenvalue weighted by atomic mass is 35.5. The summed E-state index contributed by atoms with van der Waals surface area (Å²) in [7, 11) is 0. The van der Waals surface area contributed by atoms with Crippen molar-refractivity contribution >= 4 is 36.4 Å². The second kappa shape index (κ2) is 10.4. The number of para-hydroxylation sites is 1. The van der Waals surface area contributed by atoms with Crippen molar-refractivity contribution in [3.05, 3.63) is 65.7 Å². The lowest BCUT2D eigenvalue weighted by molar-refractivity contribution is -0.123. The molecule has 2 aromatic rings. The quantitative estimate of drug-likeness (QED) is 0.830. The van der Waals surface area contributed by atoms with Crippen LogP contribution >= 0.6 is 24.8 Å². The van der Waals surface area contributed by atoms with Gasteiger partial charge in [-0.15, -0.1) is 24.8 Å². The summed E-state index contributed by atoms with van der Waals surface area (Å²) >= 11 is 0. The molecule has 1 saturated heterocycles. The molecule has 2 unspecified atom stereocenters. The van der Waals surface area contributed by atoms with E-state index in [2.05, 4.69) is 22.3 Å². The zero-order valence-corrected chi connectivity index (χ0v) is 16.6. The maximum Gasteiger partial charge on any atom is 0.241 e. The molecule has 26 heavy (non-hydrogen) atoms. The van der Waals surface area contributed by atoms with E-state index in [0.29, 0.717) is 0 Å². The van der Waals surface area contributed by atoms with E-state index in [4.69, 9.17) is 5.73 Å². The SMILES string of the molecule is Cc1ccc(C(N)C(=O)NC2CCCN(c3ccccc3)C2)cc1.Cl.Cl. The number of halogens is 2. The minimum Gasteiger partial charge on any atom is -0.369 e. The average molecular weight is 396 g/mol. The molecule has 4 nitrogen and oxygen atoms in total. The Morgan fingerprint density at radius 3 is 2.42 bits per heavy atom. The molecule has 3 rings (SSSR count). The molecule has 2 aromatic carbocycles. The zero-order valence-electron chi connectivity index (χ0n) is 14.9. The zero-order chi connectivity index (χ0) is 16.9. The van der Waals surface area contributed by atoms with Crippen LogP contribution in [-0.4, -0.2) is 25.0 Å². The van der Waals surface area contributed by atoms with Gasteiger partial charge in [0.05, 0.1) is 0 Å². The van der Waals surface area contributed by atoms with Crippen LogP contribution in [0.1, 0.15) is 30.0 Å². The van der Waals surface area contributed by atoms with Gasteiger partial charge >= 0.3 is 0 Å². The number of anilines is 1. The fourth-order valence-corrected chi connectivity index (χ4v) is 3.18. The van der Waals surface area contributed by atoms with Crippen molar-refractivity contribution in [3.63, 3.8) is 0 Å². The number of aryl methyl sites for hydroxylation is 1. The van der Waals surface area contributed by atoms with Crippen molar-refractivity contribution in [2.75, 3.05) is 18.0 Å². The Morgan fingerprint density at radius 1 is 1.12 bits per heavy atom. The van der Waals surface area contributed by atoms with Gasteiger partial charge in [-0.25, -0.2) is 0 Å². The Morgan fingerprint density at radius 2 is 1.77 bits per heavy atom. The van der Waals surface area contributed by atoms with Gasteiger partial charge in [0.25, 0.3) is 0 Å². The maximum absolute atomic E-state index is 12.5. The molecule has 1 amide bonds. The van der Waals surface area contributed by atoms with Crippen LogP contribution in [0.15, 0.2) is 54.6 Å². The molecule has 0 bridgehead atoms. The molecule has 0 spiro atoms. The molecular formula is C20H27Cl2N3O. The average Bonchev–Trinajstić information content (AvgIpc) is 2.63. The van der Waals surface area contributed by atoms with E-state index < -0.39 is 6.04 Å². The number of nitrogens with zero attached hydrogens (tertiary/aromatic N) is 1. The number of hydrogen-bond acceptors (Lipinski definition) is 3. The molecule has 0 aliphatic carbocycles. The second-order valence-corrected chi connectivity index (χ2v) is 6.52. The molecule has 142 valence electrons. The third-order valence-corrected chi connectivity index (χ3v) is 4.61. The van der Waals surface area contributed by atoms with Gasteiger partial charge in [0.2, 0.25) is 5.91 Å². The van der Waals surface area contributed by atoms with Crippen LogP contribution < -0.4 is 16.0 Å². The lowest BCUT2D eigenvalue weighted by Crippen LogP contribution is -2.49. The third-order valence-electron chi connectivity index (χ3n) is 4.61. The predicted molar refractivity (Wildman–Crippen MR) is 112 cm³/mol. The van der Waals surface area contributed by atoms with Crippen LogP contribution in [0.3, 0.4) is 0 Å². The first-order chi connectivity index (χ1) is 11.6. The van der Waals surface area contributed by atoms with Crippen molar-refractivity contribution in [1.82, 2.24) is 5.32 Å². The highest BCUT2D eigenvalue weighted by Crippen LogP contribution is 2.20. The summed E-state index contributed by atoms with van der Waals surface area (Å²) in [5, 5.41) is 3.13. The van der Waals surface area contributed by atoms with Crippen LogP contribution in [0.2, 0.25) is 0 Å². The van der Waals surface area contributed by atoms with Crippen molar-refractivity contribution in [2.24, 2.45) is 5.73 Å². The standard InChI is InChI=1S/C20H25N3O.2ClH/c1-15-9-11-16(12-10-15)19(21)20(24)22-17-6-5-13-23(14-17)18-7-3-2-4-8-18;;/h2-4,7-12,17,19H,5-6,13-14,21H2,1H3,(H,22,24);2*1H. The van der Waals surface area contributed by atoms with E-state index in [9.17, 15) is 4.79 Å². The van der Waals surface area contributed by atoms with Crippen LogP contribution in [0, 0.1) is 6.92 Å². The predicted octanol–water partition coefficient (Wildman–Crippen LogP) is 3.62. The number of rotatable bonds is 4. The number of nitrogens with one attached hydrogen (secondary N) is 1. The third kappa shape index (κ3) is 5.63. The molecule has 6 heteroatoms. The number of piperidine rings is 1. The van der Waals surface area contributed by atoms with E-state index in [1.54, 1.807) is 0 Å². The van der Waals surface area contributed by atoms with Gasteiger partial charge in [-0.05, 0) is 37.5 Å². The summed E-state index contributed by atoms with van der Waals surface area (Å²) < 4.78 is 0. The lowest BCUT2D eigenvalue weighted by Gasteiger charge is -2.35. The summed E-state index contributed by atoms with van der Waals surface area (Å²) in [6.07, 6.45) is 2.06. The topological polar surface area (TPSA) is 58.4 Å². The van der Waals surface area contributed by atoms with E-state index in [1.807, 2.05) is 49.4 Å². The highest BCUT2D eigenvalue weighted by Gasteiger charge is 2.24. The van der Waals surface area contributed by atoms with Gasteiger partial charge in [0, 0.05) is 24.8 Å². The van der Waals surface area contributed by atoms with E-state index in [-0.39, 0.29) is 36.8 Å². The van der Waals surface area contributed by atoms with Gasteiger partial charge in [0.15, 0.2) is 0 Å². The summed E-state index contributed by atoms with van der Waals surface area (Å²) in [4.78, 5) is 14.8. The monoisotopic (exact) mass is 395 g/mol. The summed E-state index contributed by atoms with van der Waals surface area (Å²) in [6.45, 7) is 3.88. The Labute approximate surface area is 168 Å². The van der Waals surface area contributed by atoms with E-state index >= 15 is 0 Å². The van der Waals surface area contributed by atoms with Crippen LogP contribution in [0.5, 0.6) is 0 Å². The van der Waals surface area contributed by atoms with Crippen molar-refractivity contribution in [1.29, 1.82) is 0 Å². The Hall–Kier alpha value is -1.75. The van der Waals surface area contributed by atoms with Crippen LogP contribution in [0.25, 0.3) is 0 Å². The lowest BCUT2D eigenvalue weighted by atomic mass is 10.0. The summed E-state index contributed by atoms with van der Waals surface area (Å²) in [5.74, 6) is -0.0984. The molecule has 1 aliphatic rings. The molecule has 1 fully saturated rings. The summed E-state index contributed by atoms with van der Waals surface area (Å²) in [5.41, 5.74) is 9.35. The smallest absolute Gasteiger partial charge is 0.241 e. The number of hydrogen-bond donors (Lipinski definition) is 2. The minimum absolute atomic E-state index is 0. The first kappa shape index (κ1) is 22.3. The summed E-state index contributed by atoms with van der Waals surface area (Å²) in [6, 6.07) is 17.7. The highest BCUT2D eigenvalue weighted by molar-refractivity contribution is 5.85. The van der Waals surface area contributed by atoms with E-state index in [0.717, 1.165) is 37.1 Å². The van der Waals surface area contributed by atoms with Gasteiger partial charge in [0.1, 0.15) is 6.04 Å². The van der Waals surface area contributed by atoms with E-state index in [1.165, 1.54) is 5.69 Å². The fourth-order valence-electron chi connectivity index (χ4n) is 3.18. The number of carbonyl (C=O) groups is 1. The number of nitrogens with two attached hydrogens (primary N) is 1. The van der Waals surface area contributed by atoms with Gasteiger partial charge in [-0.2, -0.15) is 0 Å². The fraction of sp³-hybridized carbons (Fsp3) is 0.350. The molecule has 0 radical (unpaired) electrons. The molecule has 1 heterocycles. The van der Waals surface area contributed by atoms with Crippen molar-refractivity contribution < 1.29 is 4.79 Å². The molecule has 2 atom stereocenters. The molecule has 0 saturated carbocycles. The maximum atomic E-state index is 12.5. The van der Waals surface area contributed by atoms with Crippen molar-refractivity contribution in [3.8, 4) is 0 Å². The Balaban J connectivity index is 0.00000169. The van der Waals surface area contributed by atoms with Crippen LogP contribution in [-0.2, 0) is 4.79 Å². The van der Waals surface area contributed by atoms with Gasteiger partial charge in [-0.3, -0.25) is 4.79 Å². The van der Waals surface area contributed by atoms with Gasteiger partial charge < -0.3 is 16.0 Å². The number of benzene rings is 2. The first-order valence-corrected chi connectivity index (χ1v) is 8.56. The van der Waals surface area contributed by atoms with Gasteiger partial charge in [-0.1, -0.05) is 48.0 Å². The molecule has 0 aromatic heterocycles. The van der Waals surface area contributed by atoms with Crippen LogP contribution in [0.4, 0.5) is 5.69 Å². The number of carbonyl (C=O) groups excluding carboxylic acids is 1. The second-order valence-electron chi connectivity index (χ2n) is 6.52. The van der Waals surface area contributed by atoms with Crippen molar-refractivity contribution in [2.45, 2.75) is 31.8 Å². The number of amides is 1.